The van der Waals surface area contributed by atoms with Gasteiger partial charge in [-0.15, -0.1) is 24.0 Å². The lowest BCUT2D eigenvalue weighted by Gasteiger charge is -2.37. The lowest BCUT2D eigenvalue weighted by molar-refractivity contribution is -0.119. The SMILES string of the molecule is CCNC(=NCCc1ccc(OCC(N)=O)cc1)N1CCN(c2ccccc2F)CC1.I. The van der Waals surface area contributed by atoms with Crippen molar-refractivity contribution in [2.75, 3.05) is 50.8 Å². The number of aliphatic imine (C=N–C) groups is 1. The molecule has 0 radical (unpaired) electrons. The van der Waals surface area contributed by atoms with Crippen LogP contribution in [0.3, 0.4) is 0 Å². The highest BCUT2D eigenvalue weighted by molar-refractivity contribution is 14.0. The fourth-order valence-electron chi connectivity index (χ4n) is 3.49. The Balaban J connectivity index is 0.00000363. The van der Waals surface area contributed by atoms with E-state index in [9.17, 15) is 9.18 Å². The molecule has 1 aliphatic rings. The smallest absolute Gasteiger partial charge is 0.255 e. The van der Waals surface area contributed by atoms with Gasteiger partial charge in [0.15, 0.2) is 12.6 Å². The molecule has 1 saturated heterocycles. The number of nitrogens with zero attached hydrogens (tertiary/aromatic N) is 3. The van der Waals surface area contributed by atoms with Gasteiger partial charge >= 0.3 is 0 Å². The van der Waals surface area contributed by atoms with Crippen LogP contribution < -0.4 is 20.7 Å². The normalized spacial score (nSPS) is 14.0. The van der Waals surface area contributed by atoms with Crippen molar-refractivity contribution < 1.29 is 13.9 Å². The van der Waals surface area contributed by atoms with Gasteiger partial charge < -0.3 is 25.6 Å². The van der Waals surface area contributed by atoms with Crippen molar-refractivity contribution in [3.63, 3.8) is 0 Å². The van der Waals surface area contributed by atoms with Gasteiger partial charge in [0.1, 0.15) is 11.6 Å². The zero-order valence-corrected chi connectivity index (χ0v) is 20.6. The molecule has 1 aliphatic heterocycles. The predicted molar refractivity (Wildman–Crippen MR) is 136 cm³/mol. The van der Waals surface area contributed by atoms with Gasteiger partial charge in [-0.05, 0) is 43.2 Å². The lowest BCUT2D eigenvalue weighted by Crippen LogP contribution is -2.52. The van der Waals surface area contributed by atoms with E-state index >= 15 is 0 Å². The van der Waals surface area contributed by atoms with Crippen molar-refractivity contribution in [2.45, 2.75) is 13.3 Å². The van der Waals surface area contributed by atoms with Crippen molar-refractivity contribution in [1.82, 2.24) is 10.2 Å². The molecular weight excluding hydrogens is 524 g/mol. The number of guanidine groups is 1. The first-order valence-electron chi connectivity index (χ1n) is 10.6. The van der Waals surface area contributed by atoms with Crippen molar-refractivity contribution in [2.24, 2.45) is 10.7 Å². The third kappa shape index (κ3) is 7.54. The molecule has 0 aliphatic carbocycles. The van der Waals surface area contributed by atoms with E-state index in [1.807, 2.05) is 36.4 Å². The molecule has 174 valence electrons. The average molecular weight is 555 g/mol. The first-order chi connectivity index (χ1) is 15.1. The van der Waals surface area contributed by atoms with E-state index in [4.69, 9.17) is 15.5 Å². The molecular formula is C23H31FIN5O2. The third-order valence-corrected chi connectivity index (χ3v) is 5.07. The number of ether oxygens (including phenoxy) is 1. The molecule has 1 heterocycles. The molecule has 32 heavy (non-hydrogen) atoms. The van der Waals surface area contributed by atoms with Crippen LogP contribution in [-0.4, -0.2) is 62.6 Å². The third-order valence-electron chi connectivity index (χ3n) is 5.07. The molecule has 1 fully saturated rings. The van der Waals surface area contributed by atoms with Crippen molar-refractivity contribution in [3.05, 3.63) is 59.9 Å². The van der Waals surface area contributed by atoms with Gasteiger partial charge in [-0.3, -0.25) is 9.79 Å². The Bertz CT molecular complexity index is 886. The molecule has 0 bridgehead atoms. The fourth-order valence-corrected chi connectivity index (χ4v) is 3.49. The van der Waals surface area contributed by atoms with E-state index in [-0.39, 0.29) is 36.4 Å². The molecule has 2 aromatic carbocycles. The molecule has 1 amide bonds. The summed E-state index contributed by atoms with van der Waals surface area (Å²) in [4.78, 5) is 19.9. The van der Waals surface area contributed by atoms with Crippen LogP contribution in [0.15, 0.2) is 53.5 Å². The second-order valence-electron chi connectivity index (χ2n) is 7.31. The molecule has 0 unspecified atom stereocenters. The number of para-hydroxylation sites is 1. The number of amides is 1. The number of nitrogens with one attached hydrogen (secondary N) is 1. The Morgan fingerprint density at radius 3 is 2.44 bits per heavy atom. The minimum Gasteiger partial charge on any atom is -0.484 e. The van der Waals surface area contributed by atoms with Gasteiger partial charge in [0, 0.05) is 39.3 Å². The predicted octanol–water partition coefficient (Wildman–Crippen LogP) is 2.64. The molecule has 0 atom stereocenters. The van der Waals surface area contributed by atoms with Crippen LogP contribution in [0, 0.1) is 5.82 Å². The summed E-state index contributed by atoms with van der Waals surface area (Å²) in [6.07, 6.45) is 0.792. The molecule has 3 N–H and O–H groups in total. The molecule has 2 aromatic rings. The monoisotopic (exact) mass is 555 g/mol. The topological polar surface area (TPSA) is 83.2 Å². The van der Waals surface area contributed by atoms with E-state index in [0.717, 1.165) is 50.7 Å². The maximum absolute atomic E-state index is 14.1. The van der Waals surface area contributed by atoms with Gasteiger partial charge in [-0.1, -0.05) is 24.3 Å². The second-order valence-corrected chi connectivity index (χ2v) is 7.31. The highest BCUT2D eigenvalue weighted by atomic mass is 127. The second kappa shape index (κ2) is 13.1. The van der Waals surface area contributed by atoms with Gasteiger partial charge in [-0.2, -0.15) is 0 Å². The number of nitrogens with two attached hydrogens (primary N) is 1. The van der Waals surface area contributed by atoms with Crippen molar-refractivity contribution in [1.29, 1.82) is 0 Å². The number of halogens is 2. The number of anilines is 1. The quantitative estimate of drug-likeness (QED) is 0.298. The van der Waals surface area contributed by atoms with Gasteiger partial charge in [0.05, 0.1) is 5.69 Å². The minimum absolute atomic E-state index is 0. The Hall–Kier alpha value is -2.56. The van der Waals surface area contributed by atoms with Gasteiger partial charge in [0.25, 0.3) is 5.91 Å². The van der Waals surface area contributed by atoms with Crippen LogP contribution in [0.25, 0.3) is 0 Å². The van der Waals surface area contributed by atoms with E-state index in [1.54, 1.807) is 6.07 Å². The van der Waals surface area contributed by atoms with Crippen LogP contribution in [-0.2, 0) is 11.2 Å². The number of piperazine rings is 1. The lowest BCUT2D eigenvalue weighted by atomic mass is 10.1. The van der Waals surface area contributed by atoms with Crippen LogP contribution in [0.1, 0.15) is 12.5 Å². The van der Waals surface area contributed by atoms with Crippen LogP contribution in [0.5, 0.6) is 5.75 Å². The number of rotatable bonds is 8. The number of hydrogen-bond acceptors (Lipinski definition) is 4. The van der Waals surface area contributed by atoms with E-state index in [1.165, 1.54) is 6.07 Å². The summed E-state index contributed by atoms with van der Waals surface area (Å²) in [5.41, 5.74) is 6.88. The highest BCUT2D eigenvalue weighted by Crippen LogP contribution is 2.20. The summed E-state index contributed by atoms with van der Waals surface area (Å²) in [6, 6.07) is 14.5. The standard InChI is InChI=1S/C23H30FN5O2.HI/c1-2-26-23(27-12-11-18-7-9-19(10-8-18)31-17-22(25)30)29-15-13-28(14-16-29)21-6-4-3-5-20(21)24;/h3-10H,2,11-17H2,1H3,(H2,25,30)(H,26,27);1H. The Morgan fingerprint density at radius 1 is 1.12 bits per heavy atom. The first-order valence-corrected chi connectivity index (χ1v) is 10.6. The van der Waals surface area contributed by atoms with Crippen LogP contribution in [0.2, 0.25) is 0 Å². The molecule has 7 nitrogen and oxygen atoms in total. The Morgan fingerprint density at radius 2 is 1.81 bits per heavy atom. The van der Waals surface area contributed by atoms with Crippen molar-refractivity contribution >= 4 is 41.5 Å². The largest absolute Gasteiger partial charge is 0.484 e. The average Bonchev–Trinajstić information content (AvgIpc) is 2.78. The summed E-state index contributed by atoms with van der Waals surface area (Å²) in [7, 11) is 0. The zero-order valence-electron chi connectivity index (χ0n) is 18.3. The van der Waals surface area contributed by atoms with Crippen LogP contribution in [0.4, 0.5) is 10.1 Å². The Kier molecular flexibility index (Phi) is 10.5. The number of primary amides is 1. The summed E-state index contributed by atoms with van der Waals surface area (Å²) in [5.74, 6) is 0.830. The molecule has 3 rings (SSSR count). The fraction of sp³-hybridized carbons (Fsp3) is 0.391. The summed E-state index contributed by atoms with van der Waals surface area (Å²) in [6.45, 7) is 6.43. The van der Waals surface area contributed by atoms with Gasteiger partial charge in [0.2, 0.25) is 0 Å². The number of carbonyl (C=O) groups excluding carboxylic acids is 1. The van der Waals surface area contributed by atoms with Crippen molar-refractivity contribution in [3.8, 4) is 5.75 Å². The Labute approximate surface area is 205 Å². The van der Waals surface area contributed by atoms with Crippen LogP contribution >= 0.6 is 24.0 Å². The first kappa shape index (κ1) is 25.7. The molecule has 9 heteroatoms. The molecule has 0 saturated carbocycles. The summed E-state index contributed by atoms with van der Waals surface area (Å²) >= 11 is 0. The maximum Gasteiger partial charge on any atom is 0.255 e. The number of carbonyl (C=O) groups is 1. The molecule has 0 spiro atoms. The van der Waals surface area contributed by atoms with E-state index in [0.29, 0.717) is 18.0 Å². The minimum atomic E-state index is -0.496. The summed E-state index contributed by atoms with van der Waals surface area (Å²) < 4.78 is 19.3. The maximum atomic E-state index is 14.1. The summed E-state index contributed by atoms with van der Waals surface area (Å²) in [5, 5.41) is 3.36. The number of hydrogen-bond donors (Lipinski definition) is 2. The zero-order chi connectivity index (χ0) is 22.1. The molecule has 0 aromatic heterocycles. The van der Waals surface area contributed by atoms with E-state index < -0.39 is 5.91 Å². The highest BCUT2D eigenvalue weighted by Gasteiger charge is 2.21. The van der Waals surface area contributed by atoms with E-state index in [2.05, 4.69) is 22.0 Å². The van der Waals surface area contributed by atoms with Gasteiger partial charge in [-0.25, -0.2) is 4.39 Å². The number of benzene rings is 2.